The molecule has 0 atom stereocenters. The van der Waals surface area contributed by atoms with Crippen molar-refractivity contribution in [3.63, 3.8) is 0 Å². The highest BCUT2D eigenvalue weighted by molar-refractivity contribution is 5.79. The minimum atomic E-state index is -0.639. The van der Waals surface area contributed by atoms with E-state index in [1.54, 1.807) is 62.9 Å². The first kappa shape index (κ1) is 32.2. The van der Waals surface area contributed by atoms with E-state index < -0.39 is 11.6 Å². The summed E-state index contributed by atoms with van der Waals surface area (Å²) in [6.07, 6.45) is 1.59. The van der Waals surface area contributed by atoms with Gasteiger partial charge in [0, 0.05) is 33.3 Å². The maximum atomic E-state index is 13.0. The first-order valence-corrected chi connectivity index (χ1v) is 14.2. The Balaban J connectivity index is 1.64. The molecule has 0 aliphatic carbocycles. The van der Waals surface area contributed by atoms with Crippen molar-refractivity contribution in [2.45, 2.75) is 45.6 Å². The summed E-state index contributed by atoms with van der Waals surface area (Å²) in [6.45, 7) is 6.00. The van der Waals surface area contributed by atoms with Gasteiger partial charge in [0.2, 0.25) is 5.91 Å². The molecule has 3 aromatic carbocycles. The minimum Gasteiger partial charge on any atom is -0.484 e. The number of rotatable bonds is 14. The zero-order valence-corrected chi connectivity index (χ0v) is 25.3. The average Bonchev–Trinajstić information content (AvgIpc) is 2.96. The molecule has 8 heteroatoms. The lowest BCUT2D eigenvalue weighted by molar-refractivity contribution is -0.157. The second-order valence-corrected chi connectivity index (χ2v) is 11.3. The molecule has 0 radical (unpaired) electrons. The van der Waals surface area contributed by atoms with E-state index in [9.17, 15) is 14.4 Å². The van der Waals surface area contributed by atoms with Crippen molar-refractivity contribution < 1.29 is 28.6 Å². The third kappa shape index (κ3) is 11.6. The number of amides is 2. The van der Waals surface area contributed by atoms with Crippen LogP contribution in [0.5, 0.6) is 11.5 Å². The molecule has 0 unspecified atom stereocenters. The Hall–Kier alpha value is -4.33. The van der Waals surface area contributed by atoms with E-state index in [1.807, 2.05) is 60.7 Å². The lowest BCUT2D eigenvalue weighted by Crippen LogP contribution is -2.33. The van der Waals surface area contributed by atoms with Gasteiger partial charge in [-0.25, -0.2) is 4.79 Å². The van der Waals surface area contributed by atoms with E-state index in [0.29, 0.717) is 30.2 Å². The van der Waals surface area contributed by atoms with Crippen LogP contribution in [0, 0.1) is 0 Å². The Morgan fingerprint density at radius 2 is 1.12 bits per heavy atom. The molecule has 3 aromatic rings. The predicted molar refractivity (Wildman–Crippen MR) is 163 cm³/mol. The molecule has 0 fully saturated rings. The summed E-state index contributed by atoms with van der Waals surface area (Å²) in [5.41, 5.74) is 2.31. The molecule has 224 valence electrons. The third-order valence-corrected chi connectivity index (χ3v) is 6.44. The van der Waals surface area contributed by atoms with Crippen LogP contribution >= 0.6 is 0 Å². The number of carbonyl (C=O) groups is 3. The second-order valence-electron chi connectivity index (χ2n) is 11.3. The molecule has 0 bridgehead atoms. The van der Waals surface area contributed by atoms with E-state index in [4.69, 9.17) is 14.2 Å². The number of hydrogen-bond donors (Lipinski definition) is 0. The summed E-state index contributed by atoms with van der Waals surface area (Å²) in [5.74, 6) is -0.0429. The number of likely N-dealkylation sites (N-methyl/N-ethyl adjacent to an activating group) is 2. The van der Waals surface area contributed by atoms with Gasteiger partial charge in [-0.15, -0.1) is 0 Å². The number of ether oxygens (including phenoxy) is 3. The van der Waals surface area contributed by atoms with Crippen LogP contribution in [0.15, 0.2) is 78.9 Å². The summed E-state index contributed by atoms with van der Waals surface area (Å²) >= 11 is 0. The molecule has 0 N–H and O–H groups in total. The summed E-state index contributed by atoms with van der Waals surface area (Å²) < 4.78 is 16.9. The fourth-order valence-electron chi connectivity index (χ4n) is 4.11. The van der Waals surface area contributed by atoms with Crippen molar-refractivity contribution in [2.75, 3.05) is 40.4 Å². The van der Waals surface area contributed by atoms with Crippen LogP contribution < -0.4 is 9.47 Å². The van der Waals surface area contributed by atoms with Gasteiger partial charge < -0.3 is 24.0 Å². The molecule has 3 rings (SSSR count). The number of carbonyl (C=O) groups excluding carboxylic acids is 3. The zero-order chi connectivity index (χ0) is 30.5. The van der Waals surface area contributed by atoms with Crippen molar-refractivity contribution in [2.24, 2.45) is 0 Å². The molecule has 0 aromatic heterocycles. The summed E-state index contributed by atoms with van der Waals surface area (Å²) in [6, 6.07) is 25.0. The highest BCUT2D eigenvalue weighted by atomic mass is 16.6. The van der Waals surface area contributed by atoms with E-state index in [-0.39, 0.29) is 31.4 Å². The van der Waals surface area contributed by atoms with Crippen LogP contribution in [0.3, 0.4) is 0 Å². The van der Waals surface area contributed by atoms with Gasteiger partial charge in [-0.2, -0.15) is 0 Å². The third-order valence-electron chi connectivity index (χ3n) is 6.44. The zero-order valence-electron chi connectivity index (χ0n) is 25.3. The van der Waals surface area contributed by atoms with Gasteiger partial charge in [0.25, 0.3) is 5.91 Å². The molecule has 0 saturated heterocycles. The van der Waals surface area contributed by atoms with Crippen molar-refractivity contribution >= 4 is 17.8 Å². The molecular weight excluding hydrogens is 532 g/mol. The van der Waals surface area contributed by atoms with Gasteiger partial charge in [0.15, 0.2) is 13.2 Å². The first-order chi connectivity index (χ1) is 20.0. The lowest BCUT2D eigenvalue weighted by atomic mass is 10.1. The fourth-order valence-corrected chi connectivity index (χ4v) is 4.11. The van der Waals surface area contributed by atoms with Crippen LogP contribution in [0.25, 0.3) is 0 Å². The van der Waals surface area contributed by atoms with Crippen molar-refractivity contribution in [3.8, 4) is 11.5 Å². The summed E-state index contributed by atoms with van der Waals surface area (Å²) in [7, 11) is 3.51. The van der Waals surface area contributed by atoms with E-state index >= 15 is 0 Å². The van der Waals surface area contributed by atoms with Crippen molar-refractivity contribution in [3.05, 3.63) is 95.6 Å². The highest BCUT2D eigenvalue weighted by Crippen LogP contribution is 2.24. The van der Waals surface area contributed by atoms with Gasteiger partial charge in [0.05, 0.1) is 6.42 Å². The molecule has 2 amide bonds. The topological polar surface area (TPSA) is 85.4 Å². The maximum Gasteiger partial charge on any atom is 0.344 e. The minimum absolute atomic E-state index is 0.0714. The molecule has 0 spiro atoms. The van der Waals surface area contributed by atoms with Crippen LogP contribution in [0.2, 0.25) is 0 Å². The Kier molecular flexibility index (Phi) is 12.0. The standard InChI is InChI=1S/C34H42N2O6/c1-34(2,3)42-33(39)25-41-30-21-28(22-31(37)35(4)18-16-26-12-8-6-9-13-26)20-29(23-30)40-24-32(38)36(5)19-17-27-14-10-7-11-15-27/h6-15,20-21,23H,16-19,22,24-25H2,1-5H3. The van der Waals surface area contributed by atoms with E-state index in [0.717, 1.165) is 24.0 Å². The monoisotopic (exact) mass is 574 g/mol. The largest absolute Gasteiger partial charge is 0.484 e. The van der Waals surface area contributed by atoms with Gasteiger partial charge in [-0.05, 0) is 62.4 Å². The van der Waals surface area contributed by atoms with Crippen LogP contribution in [-0.4, -0.2) is 73.6 Å². The molecule has 8 nitrogen and oxygen atoms in total. The Labute approximate surface area is 249 Å². The summed E-state index contributed by atoms with van der Waals surface area (Å²) in [5, 5.41) is 0. The van der Waals surface area contributed by atoms with Gasteiger partial charge >= 0.3 is 5.97 Å². The van der Waals surface area contributed by atoms with E-state index in [2.05, 4.69) is 0 Å². The fraction of sp³-hybridized carbons (Fsp3) is 0.382. The number of hydrogen-bond acceptors (Lipinski definition) is 6. The highest BCUT2D eigenvalue weighted by Gasteiger charge is 2.18. The average molecular weight is 575 g/mol. The quantitative estimate of drug-likeness (QED) is 0.259. The normalized spacial score (nSPS) is 11.0. The Bertz CT molecular complexity index is 1300. The SMILES string of the molecule is CN(CCc1ccccc1)C(=O)COc1cc(CC(=O)N(C)CCc2ccccc2)cc(OCC(=O)OC(C)(C)C)c1. The van der Waals surface area contributed by atoms with Crippen molar-refractivity contribution in [1.29, 1.82) is 0 Å². The van der Waals surface area contributed by atoms with Crippen molar-refractivity contribution in [1.82, 2.24) is 9.80 Å². The smallest absolute Gasteiger partial charge is 0.344 e. The Morgan fingerprint density at radius 3 is 1.62 bits per heavy atom. The molecule has 0 aliphatic rings. The predicted octanol–water partition coefficient (Wildman–Crippen LogP) is 4.73. The lowest BCUT2D eigenvalue weighted by Gasteiger charge is -2.20. The molecule has 0 saturated carbocycles. The van der Waals surface area contributed by atoms with Gasteiger partial charge in [-0.1, -0.05) is 60.7 Å². The molecule has 42 heavy (non-hydrogen) atoms. The second kappa shape index (κ2) is 15.6. The number of nitrogens with zero attached hydrogens (tertiary/aromatic N) is 2. The molecule has 0 heterocycles. The van der Waals surface area contributed by atoms with E-state index in [1.165, 1.54) is 0 Å². The Morgan fingerprint density at radius 1 is 0.643 bits per heavy atom. The van der Waals surface area contributed by atoms with Gasteiger partial charge in [-0.3, -0.25) is 9.59 Å². The van der Waals surface area contributed by atoms with Crippen LogP contribution in [-0.2, 0) is 38.4 Å². The van der Waals surface area contributed by atoms with Gasteiger partial charge in [0.1, 0.15) is 17.1 Å². The summed E-state index contributed by atoms with van der Waals surface area (Å²) in [4.78, 5) is 41.3. The number of esters is 1. The molecular formula is C34H42N2O6. The maximum absolute atomic E-state index is 13.0. The number of benzene rings is 3. The van der Waals surface area contributed by atoms with Crippen LogP contribution in [0.1, 0.15) is 37.5 Å². The first-order valence-electron chi connectivity index (χ1n) is 14.2. The van der Waals surface area contributed by atoms with Crippen LogP contribution in [0.4, 0.5) is 0 Å². The molecule has 0 aliphatic heterocycles.